The van der Waals surface area contributed by atoms with E-state index in [-0.39, 0.29) is 20.7 Å². The van der Waals surface area contributed by atoms with E-state index in [2.05, 4.69) is 4.72 Å². The molecule has 0 saturated carbocycles. The van der Waals surface area contributed by atoms with Crippen molar-refractivity contribution in [3.63, 3.8) is 0 Å². The molecule has 3 rings (SSSR count). The third-order valence-electron chi connectivity index (χ3n) is 4.43. The van der Waals surface area contributed by atoms with Crippen LogP contribution in [0.2, 0.25) is 15.1 Å². The van der Waals surface area contributed by atoms with Crippen LogP contribution in [0.5, 0.6) is 5.75 Å². The van der Waals surface area contributed by atoms with E-state index in [9.17, 15) is 17.6 Å². The molecule has 1 aliphatic carbocycles. The van der Waals surface area contributed by atoms with Crippen LogP contribution in [0.25, 0.3) is 0 Å². The zero-order chi connectivity index (χ0) is 21.3. The molecular weight excluding hydrogens is 468 g/mol. The molecule has 0 fully saturated rings. The van der Waals surface area contributed by atoms with Crippen LogP contribution in [0, 0.1) is 5.82 Å². The van der Waals surface area contributed by atoms with Crippen molar-refractivity contribution in [2.75, 3.05) is 6.61 Å². The molecule has 0 radical (unpaired) electrons. The average Bonchev–Trinajstić information content (AvgIpc) is 2.62. The van der Waals surface area contributed by atoms with Gasteiger partial charge in [-0.15, -0.1) is 0 Å². The summed E-state index contributed by atoms with van der Waals surface area (Å²) in [6, 6.07) is 4.61. The summed E-state index contributed by atoms with van der Waals surface area (Å²) in [5.41, 5.74) is 0.811. The molecule has 6 nitrogen and oxygen atoms in total. The first-order chi connectivity index (χ1) is 13.6. The Balaban J connectivity index is 1.99. The maximum atomic E-state index is 14.4. The van der Waals surface area contributed by atoms with Gasteiger partial charge in [0.2, 0.25) is 10.0 Å². The second-order valence-electron chi connectivity index (χ2n) is 6.39. The molecule has 1 aliphatic rings. The number of aliphatic carboxylic acids is 1. The summed E-state index contributed by atoms with van der Waals surface area (Å²) in [6.07, 6.45) is 1.34. The molecule has 1 unspecified atom stereocenters. The zero-order valence-corrected chi connectivity index (χ0v) is 17.8. The molecule has 0 aliphatic heterocycles. The highest BCUT2D eigenvalue weighted by atomic mass is 35.5. The third-order valence-corrected chi connectivity index (χ3v) is 6.89. The number of carboxylic acids is 1. The number of hydrogen-bond donors (Lipinski definition) is 2. The van der Waals surface area contributed by atoms with Gasteiger partial charge in [0.1, 0.15) is 4.90 Å². The van der Waals surface area contributed by atoms with Gasteiger partial charge in [-0.1, -0.05) is 34.8 Å². The molecule has 2 N–H and O–H groups in total. The van der Waals surface area contributed by atoms with Gasteiger partial charge in [0.05, 0.1) is 10.0 Å². The number of rotatable bonds is 6. The van der Waals surface area contributed by atoms with Crippen LogP contribution < -0.4 is 9.46 Å². The van der Waals surface area contributed by atoms with Gasteiger partial charge in [-0.25, -0.2) is 22.3 Å². The van der Waals surface area contributed by atoms with Gasteiger partial charge < -0.3 is 9.84 Å². The maximum Gasteiger partial charge on any atom is 0.341 e. The Morgan fingerprint density at radius 2 is 1.97 bits per heavy atom. The Bertz CT molecular complexity index is 1080. The van der Waals surface area contributed by atoms with E-state index < -0.39 is 34.5 Å². The molecule has 0 aromatic heterocycles. The van der Waals surface area contributed by atoms with Gasteiger partial charge in [0.15, 0.2) is 18.2 Å². The highest BCUT2D eigenvalue weighted by Gasteiger charge is 2.31. The number of halogens is 4. The van der Waals surface area contributed by atoms with Crippen LogP contribution in [0.1, 0.15) is 30.0 Å². The lowest BCUT2D eigenvalue weighted by Gasteiger charge is -2.28. The van der Waals surface area contributed by atoms with E-state index in [4.69, 9.17) is 44.6 Å². The lowest BCUT2D eigenvalue weighted by Crippen LogP contribution is -2.31. The average molecular weight is 483 g/mol. The van der Waals surface area contributed by atoms with Crippen molar-refractivity contribution in [3.05, 3.63) is 56.3 Å². The van der Waals surface area contributed by atoms with E-state index in [0.717, 1.165) is 0 Å². The van der Waals surface area contributed by atoms with Gasteiger partial charge in [-0.05, 0) is 49.1 Å². The molecule has 1 atom stereocenters. The number of carboxylic acid groups (broad SMARTS) is 1. The van der Waals surface area contributed by atoms with Gasteiger partial charge in [0.25, 0.3) is 0 Å². The van der Waals surface area contributed by atoms with E-state index in [1.807, 2.05) is 0 Å². The van der Waals surface area contributed by atoms with Crippen molar-refractivity contribution in [2.24, 2.45) is 0 Å². The molecule has 0 heterocycles. The normalized spacial score (nSPS) is 16.3. The van der Waals surface area contributed by atoms with Crippen molar-refractivity contribution in [3.8, 4) is 5.75 Å². The number of fused-ring (bicyclic) bond motifs is 1. The van der Waals surface area contributed by atoms with Crippen LogP contribution in [0.15, 0.2) is 29.2 Å². The Labute approximate surface area is 181 Å². The predicted molar refractivity (Wildman–Crippen MR) is 107 cm³/mol. The number of carbonyl (C=O) groups is 1. The highest BCUT2D eigenvalue weighted by Crippen LogP contribution is 2.41. The molecule has 156 valence electrons. The van der Waals surface area contributed by atoms with E-state index in [1.165, 1.54) is 24.3 Å². The van der Waals surface area contributed by atoms with Crippen molar-refractivity contribution in [2.45, 2.75) is 30.2 Å². The minimum Gasteiger partial charge on any atom is -0.479 e. The number of sulfonamides is 1. The fourth-order valence-electron chi connectivity index (χ4n) is 3.22. The summed E-state index contributed by atoms with van der Waals surface area (Å²) in [7, 11) is -4.02. The van der Waals surface area contributed by atoms with Gasteiger partial charge >= 0.3 is 5.97 Å². The summed E-state index contributed by atoms with van der Waals surface area (Å²) >= 11 is 17.8. The molecule has 0 spiro atoms. The first-order valence-electron chi connectivity index (χ1n) is 8.43. The number of nitrogens with one attached hydrogen (secondary N) is 1. The van der Waals surface area contributed by atoms with Crippen LogP contribution >= 0.6 is 34.8 Å². The monoisotopic (exact) mass is 481 g/mol. The SMILES string of the molecule is O=C(O)COc1c(F)c(Cl)cc2c1CCCC2NS(=O)(=O)c1ccc(Cl)cc1Cl. The summed E-state index contributed by atoms with van der Waals surface area (Å²) in [5, 5.41) is 8.78. The second-order valence-corrected chi connectivity index (χ2v) is 9.33. The van der Waals surface area contributed by atoms with E-state index in [1.54, 1.807) is 0 Å². The second kappa shape index (κ2) is 8.65. The van der Waals surface area contributed by atoms with Crippen molar-refractivity contribution in [1.82, 2.24) is 4.72 Å². The standard InChI is InChI=1S/C18H15Cl3FNO5S/c19-9-4-5-15(12(20)6-9)29(26,27)23-14-3-1-2-10-11(14)7-13(21)17(22)18(10)28-8-16(24)25/h4-7,14,23H,1-3,8H2,(H,24,25). The minimum absolute atomic E-state index is 0.0383. The van der Waals surface area contributed by atoms with Gasteiger partial charge in [-0.2, -0.15) is 0 Å². The summed E-state index contributed by atoms with van der Waals surface area (Å²) in [4.78, 5) is 10.7. The third kappa shape index (κ3) is 4.78. The molecule has 0 bridgehead atoms. The summed E-state index contributed by atoms with van der Waals surface area (Å²) in [6.45, 7) is -0.750. The van der Waals surface area contributed by atoms with Crippen LogP contribution in [-0.2, 0) is 21.2 Å². The topological polar surface area (TPSA) is 92.7 Å². The zero-order valence-electron chi connectivity index (χ0n) is 14.7. The summed E-state index contributed by atoms with van der Waals surface area (Å²) < 4.78 is 47.8. The lowest BCUT2D eigenvalue weighted by atomic mass is 9.87. The smallest absolute Gasteiger partial charge is 0.341 e. The van der Waals surface area contributed by atoms with Gasteiger partial charge in [0, 0.05) is 16.6 Å². The molecule has 11 heteroatoms. The maximum absolute atomic E-state index is 14.4. The van der Waals surface area contributed by atoms with Gasteiger partial charge in [-0.3, -0.25) is 0 Å². The number of benzene rings is 2. The largest absolute Gasteiger partial charge is 0.479 e. The number of hydrogen-bond acceptors (Lipinski definition) is 4. The fourth-order valence-corrected chi connectivity index (χ4v) is 5.44. The van der Waals surface area contributed by atoms with Crippen LogP contribution in [0.3, 0.4) is 0 Å². The van der Waals surface area contributed by atoms with E-state index in [0.29, 0.717) is 35.4 Å². The molecule has 29 heavy (non-hydrogen) atoms. The Morgan fingerprint density at radius 1 is 1.24 bits per heavy atom. The Kier molecular flexibility index (Phi) is 6.60. The minimum atomic E-state index is -4.02. The number of ether oxygens (including phenoxy) is 1. The Morgan fingerprint density at radius 3 is 2.62 bits per heavy atom. The quantitative estimate of drug-likeness (QED) is 0.627. The molecule has 0 saturated heterocycles. The first kappa shape index (κ1) is 22.1. The van der Waals surface area contributed by atoms with Crippen LogP contribution in [0.4, 0.5) is 4.39 Å². The summed E-state index contributed by atoms with van der Waals surface area (Å²) in [5.74, 6) is -2.43. The molecule has 2 aromatic carbocycles. The Hall–Kier alpha value is -1.58. The van der Waals surface area contributed by atoms with E-state index >= 15 is 0 Å². The molecule has 0 amide bonds. The lowest BCUT2D eigenvalue weighted by molar-refractivity contribution is -0.139. The van der Waals surface area contributed by atoms with Crippen molar-refractivity contribution in [1.29, 1.82) is 0 Å². The molecule has 2 aromatic rings. The first-order valence-corrected chi connectivity index (χ1v) is 11.0. The van der Waals surface area contributed by atoms with Crippen molar-refractivity contribution >= 4 is 50.8 Å². The predicted octanol–water partition coefficient (Wildman–Crippen LogP) is 4.61. The highest BCUT2D eigenvalue weighted by molar-refractivity contribution is 7.89. The van der Waals surface area contributed by atoms with Crippen LogP contribution in [-0.4, -0.2) is 26.1 Å². The van der Waals surface area contributed by atoms with Crippen molar-refractivity contribution < 1.29 is 27.4 Å². The molecular formula is C18H15Cl3FNO5S. The fraction of sp³-hybridized carbons (Fsp3) is 0.278.